The van der Waals surface area contributed by atoms with Crippen molar-refractivity contribution < 1.29 is 4.79 Å². The second-order valence-corrected chi connectivity index (χ2v) is 6.79. The average molecular weight is 342 g/mol. The van der Waals surface area contributed by atoms with Crippen molar-refractivity contribution >= 4 is 28.1 Å². The van der Waals surface area contributed by atoms with Gasteiger partial charge < -0.3 is 10.3 Å². The van der Waals surface area contributed by atoms with Crippen LogP contribution in [0.2, 0.25) is 0 Å². The smallest absolute Gasteiger partial charge is 0.287 e. The molecule has 0 spiro atoms. The quantitative estimate of drug-likeness (QED) is 0.763. The molecule has 3 rings (SSSR count). The number of para-hydroxylation sites is 1. The molecule has 124 valence electrons. The molecule has 0 bridgehead atoms. The van der Waals surface area contributed by atoms with Crippen LogP contribution in [0.25, 0.3) is 10.9 Å². The molecule has 3 aromatic rings. The van der Waals surface area contributed by atoms with Gasteiger partial charge in [-0.1, -0.05) is 19.1 Å². The number of H-pyrrole nitrogens is 1. The van der Waals surface area contributed by atoms with Crippen molar-refractivity contribution in [2.45, 2.75) is 33.2 Å². The minimum absolute atomic E-state index is 0.0159. The lowest BCUT2D eigenvalue weighted by Gasteiger charge is -2.14. The summed E-state index contributed by atoms with van der Waals surface area (Å²) in [5.41, 5.74) is 1.15. The predicted molar refractivity (Wildman–Crippen MR) is 94.4 cm³/mol. The summed E-state index contributed by atoms with van der Waals surface area (Å²) in [6, 6.07) is 6.74. The summed E-state index contributed by atoms with van der Waals surface area (Å²) < 4.78 is 0. The Balaban J connectivity index is 1.89. The highest BCUT2D eigenvalue weighted by Gasteiger charge is 2.20. The fraction of sp³-hybridized carbons (Fsp3) is 0.294. The molecule has 6 nitrogen and oxygen atoms in total. The van der Waals surface area contributed by atoms with Crippen LogP contribution in [0.15, 0.2) is 29.1 Å². The number of aromatic amines is 1. The average Bonchev–Trinajstić information content (AvgIpc) is 2.91. The maximum atomic E-state index is 12.5. The molecule has 0 radical (unpaired) electrons. The number of aromatic nitrogens is 3. The zero-order valence-corrected chi connectivity index (χ0v) is 14.5. The largest absolute Gasteiger partial charge is 0.340 e. The lowest BCUT2D eigenvalue weighted by atomic mass is 10.2. The van der Waals surface area contributed by atoms with Crippen molar-refractivity contribution in [3.63, 3.8) is 0 Å². The first kappa shape index (κ1) is 16.3. The molecular weight excluding hydrogens is 324 g/mol. The fourth-order valence-electron chi connectivity index (χ4n) is 2.41. The summed E-state index contributed by atoms with van der Waals surface area (Å²) in [4.78, 5) is 37.0. The lowest BCUT2D eigenvalue weighted by molar-refractivity contribution is 0.0925. The van der Waals surface area contributed by atoms with Crippen LogP contribution >= 0.6 is 11.3 Å². The molecule has 0 aliphatic heterocycles. The molecule has 2 heterocycles. The van der Waals surface area contributed by atoms with Crippen LogP contribution in [-0.2, 0) is 0 Å². The highest BCUT2D eigenvalue weighted by atomic mass is 32.1. The fourth-order valence-corrected chi connectivity index (χ4v) is 3.46. The molecule has 1 atom stereocenters. The number of nitrogens with one attached hydrogen (secondary N) is 2. The van der Waals surface area contributed by atoms with E-state index in [-0.39, 0.29) is 17.4 Å². The Kier molecular flexibility index (Phi) is 4.44. The molecule has 0 unspecified atom stereocenters. The van der Waals surface area contributed by atoms with E-state index in [1.807, 2.05) is 20.8 Å². The van der Waals surface area contributed by atoms with Crippen LogP contribution in [0.5, 0.6) is 0 Å². The van der Waals surface area contributed by atoms with Gasteiger partial charge in [-0.3, -0.25) is 9.59 Å². The minimum Gasteiger partial charge on any atom is -0.340 e. The van der Waals surface area contributed by atoms with Gasteiger partial charge in [0.1, 0.15) is 5.01 Å². The number of fused-ring (bicyclic) bond motifs is 1. The zero-order chi connectivity index (χ0) is 17.3. The van der Waals surface area contributed by atoms with E-state index in [1.54, 1.807) is 35.6 Å². The summed E-state index contributed by atoms with van der Waals surface area (Å²) in [6.45, 7) is 5.94. The molecule has 0 fully saturated rings. The molecule has 0 saturated carbocycles. The maximum absolute atomic E-state index is 12.5. The first-order valence-corrected chi connectivity index (χ1v) is 8.55. The number of rotatable bonds is 4. The number of thiazole rings is 1. The van der Waals surface area contributed by atoms with E-state index in [0.29, 0.717) is 17.3 Å². The summed E-state index contributed by atoms with van der Waals surface area (Å²) in [7, 11) is 0. The SMILES string of the molecule is CC[C@H](NC(=O)c1nc2ccccc2c(=O)[nH]1)c1nc(C)c(C)s1. The summed E-state index contributed by atoms with van der Waals surface area (Å²) in [5, 5.41) is 4.24. The van der Waals surface area contributed by atoms with Crippen molar-refractivity contribution in [2.24, 2.45) is 0 Å². The highest BCUT2D eigenvalue weighted by Crippen LogP contribution is 2.25. The second kappa shape index (κ2) is 6.52. The van der Waals surface area contributed by atoms with E-state index >= 15 is 0 Å². The van der Waals surface area contributed by atoms with Crippen molar-refractivity contribution in [3.05, 3.63) is 56.0 Å². The summed E-state index contributed by atoms with van der Waals surface area (Å²) in [5.74, 6) is -0.391. The van der Waals surface area contributed by atoms with Crippen molar-refractivity contribution in [2.75, 3.05) is 0 Å². The standard InChI is InChI=1S/C17H18N4O2S/c1-4-12(17-18-9(2)10(3)24-17)20-16(23)14-19-13-8-6-5-7-11(13)15(22)21-14/h5-8,12H,4H2,1-3H3,(H,20,23)(H,19,21,22)/t12-/m0/s1. The van der Waals surface area contributed by atoms with Crippen LogP contribution in [0.4, 0.5) is 0 Å². The highest BCUT2D eigenvalue weighted by molar-refractivity contribution is 7.11. The Bertz CT molecular complexity index is 941. The first-order valence-electron chi connectivity index (χ1n) is 7.73. The van der Waals surface area contributed by atoms with Gasteiger partial charge in [-0.05, 0) is 32.4 Å². The number of aryl methyl sites for hydroxylation is 2. The molecule has 1 aromatic carbocycles. The van der Waals surface area contributed by atoms with Gasteiger partial charge in [-0.2, -0.15) is 0 Å². The van der Waals surface area contributed by atoms with Crippen LogP contribution in [-0.4, -0.2) is 20.9 Å². The molecule has 0 aliphatic rings. The van der Waals surface area contributed by atoms with E-state index in [1.165, 1.54) is 0 Å². The Morgan fingerprint density at radius 3 is 2.71 bits per heavy atom. The van der Waals surface area contributed by atoms with Gasteiger partial charge in [0.25, 0.3) is 11.5 Å². The normalized spacial score (nSPS) is 12.3. The van der Waals surface area contributed by atoms with Gasteiger partial charge >= 0.3 is 0 Å². The zero-order valence-electron chi connectivity index (χ0n) is 13.7. The number of hydrogen-bond acceptors (Lipinski definition) is 5. The molecular formula is C17H18N4O2S. The Hall–Kier alpha value is -2.54. The monoisotopic (exact) mass is 342 g/mol. The molecule has 2 aromatic heterocycles. The van der Waals surface area contributed by atoms with Crippen LogP contribution in [0.1, 0.15) is 45.6 Å². The molecule has 1 amide bonds. The van der Waals surface area contributed by atoms with Crippen LogP contribution in [0, 0.1) is 13.8 Å². The molecule has 2 N–H and O–H groups in total. The van der Waals surface area contributed by atoms with E-state index in [4.69, 9.17) is 0 Å². The van der Waals surface area contributed by atoms with Crippen molar-refractivity contribution in [1.82, 2.24) is 20.3 Å². The molecule has 7 heteroatoms. The van der Waals surface area contributed by atoms with Crippen molar-refractivity contribution in [3.8, 4) is 0 Å². The summed E-state index contributed by atoms with van der Waals surface area (Å²) >= 11 is 1.57. The molecule has 0 aliphatic carbocycles. The topological polar surface area (TPSA) is 87.7 Å². The van der Waals surface area contributed by atoms with E-state index < -0.39 is 5.91 Å². The predicted octanol–water partition coefficient (Wildman–Crippen LogP) is 2.88. The third-order valence-electron chi connectivity index (χ3n) is 3.88. The Labute approximate surface area is 143 Å². The van der Waals surface area contributed by atoms with Gasteiger partial charge in [0.2, 0.25) is 0 Å². The van der Waals surface area contributed by atoms with Gasteiger partial charge in [0.15, 0.2) is 5.82 Å². The van der Waals surface area contributed by atoms with Crippen LogP contribution < -0.4 is 10.9 Å². The number of nitrogens with zero attached hydrogens (tertiary/aromatic N) is 2. The lowest BCUT2D eigenvalue weighted by Crippen LogP contribution is -2.31. The van der Waals surface area contributed by atoms with Gasteiger partial charge in [-0.25, -0.2) is 9.97 Å². The van der Waals surface area contributed by atoms with Gasteiger partial charge in [-0.15, -0.1) is 11.3 Å². The van der Waals surface area contributed by atoms with E-state index in [0.717, 1.165) is 15.6 Å². The second-order valence-electron chi connectivity index (χ2n) is 5.56. The minimum atomic E-state index is -0.407. The number of carbonyl (C=O) groups is 1. The Morgan fingerprint density at radius 2 is 2.04 bits per heavy atom. The van der Waals surface area contributed by atoms with Gasteiger partial charge in [0.05, 0.1) is 22.6 Å². The first-order chi connectivity index (χ1) is 11.5. The summed E-state index contributed by atoms with van der Waals surface area (Å²) in [6.07, 6.45) is 0.704. The number of carbonyl (C=O) groups excluding carboxylic acids is 1. The van der Waals surface area contributed by atoms with E-state index in [2.05, 4.69) is 20.3 Å². The number of benzene rings is 1. The third kappa shape index (κ3) is 3.07. The molecule has 24 heavy (non-hydrogen) atoms. The van der Waals surface area contributed by atoms with Crippen LogP contribution in [0.3, 0.4) is 0 Å². The molecule has 0 saturated heterocycles. The third-order valence-corrected chi connectivity index (χ3v) is 5.07. The number of amides is 1. The number of hydrogen-bond donors (Lipinski definition) is 2. The van der Waals surface area contributed by atoms with Crippen molar-refractivity contribution in [1.29, 1.82) is 0 Å². The van der Waals surface area contributed by atoms with E-state index in [9.17, 15) is 9.59 Å². The van der Waals surface area contributed by atoms with Gasteiger partial charge in [0, 0.05) is 4.88 Å². The maximum Gasteiger partial charge on any atom is 0.287 e. The Morgan fingerprint density at radius 1 is 1.29 bits per heavy atom.